The van der Waals surface area contributed by atoms with Crippen molar-refractivity contribution in [3.63, 3.8) is 0 Å². The van der Waals surface area contributed by atoms with Gasteiger partial charge in [0.05, 0.1) is 12.7 Å². The molecule has 1 saturated heterocycles. The van der Waals surface area contributed by atoms with E-state index in [-0.39, 0.29) is 16.9 Å². The normalized spacial score (nSPS) is 29.1. The predicted octanol–water partition coefficient (Wildman–Crippen LogP) is 3.47. The number of hydrogen-bond acceptors (Lipinski definition) is 2. The molecule has 0 bridgehead atoms. The van der Waals surface area contributed by atoms with Crippen LogP contribution in [0.25, 0.3) is 0 Å². The zero-order valence-corrected chi connectivity index (χ0v) is 10.8. The Labute approximate surface area is 106 Å². The molecule has 1 heterocycles. The first-order valence-corrected chi connectivity index (χ1v) is 6.11. The van der Waals surface area contributed by atoms with Crippen LogP contribution in [0.5, 0.6) is 5.75 Å². The van der Waals surface area contributed by atoms with E-state index in [1.165, 1.54) is 13.2 Å². The fourth-order valence-corrected chi connectivity index (χ4v) is 2.58. The lowest BCUT2D eigenvalue weighted by Crippen LogP contribution is -2.35. The molecule has 0 saturated carbocycles. The van der Waals surface area contributed by atoms with Gasteiger partial charge in [-0.25, -0.2) is 4.39 Å². The van der Waals surface area contributed by atoms with Gasteiger partial charge < -0.3 is 9.47 Å². The maximum Gasteiger partial charge on any atom is 0.165 e. The monoisotopic (exact) mass is 258 g/mol. The minimum absolute atomic E-state index is 0.0823. The van der Waals surface area contributed by atoms with Crippen LogP contribution in [0.4, 0.5) is 4.39 Å². The van der Waals surface area contributed by atoms with Crippen molar-refractivity contribution in [1.29, 1.82) is 0 Å². The van der Waals surface area contributed by atoms with E-state index in [1.807, 2.05) is 13.0 Å². The molecular formula is C13H16ClFO2. The molecule has 4 heteroatoms. The number of benzene rings is 1. The summed E-state index contributed by atoms with van der Waals surface area (Å²) >= 11 is 6.15. The first-order valence-electron chi connectivity index (χ1n) is 5.67. The first kappa shape index (κ1) is 12.7. The molecule has 2 nitrogen and oxygen atoms in total. The zero-order chi connectivity index (χ0) is 12.5. The first-order chi connectivity index (χ1) is 8.05. The fourth-order valence-electron chi connectivity index (χ4n) is 2.19. The van der Waals surface area contributed by atoms with Crippen LogP contribution >= 0.6 is 11.6 Å². The molecule has 0 aromatic heterocycles. The molecule has 1 aromatic rings. The van der Waals surface area contributed by atoms with Crippen LogP contribution in [-0.2, 0) is 10.3 Å². The van der Waals surface area contributed by atoms with Gasteiger partial charge in [-0.15, -0.1) is 11.6 Å². The van der Waals surface area contributed by atoms with Crippen molar-refractivity contribution in [2.75, 3.05) is 13.7 Å². The van der Waals surface area contributed by atoms with Crippen LogP contribution in [0.15, 0.2) is 18.2 Å². The topological polar surface area (TPSA) is 18.5 Å². The summed E-state index contributed by atoms with van der Waals surface area (Å²) in [7, 11) is 1.45. The Hall–Kier alpha value is -0.800. The second-order valence-electron chi connectivity index (χ2n) is 4.52. The molecule has 1 aromatic carbocycles. The van der Waals surface area contributed by atoms with Crippen molar-refractivity contribution in [2.45, 2.75) is 30.7 Å². The molecule has 2 rings (SSSR count). The second kappa shape index (κ2) is 4.83. The van der Waals surface area contributed by atoms with Crippen molar-refractivity contribution in [1.82, 2.24) is 0 Å². The van der Waals surface area contributed by atoms with Crippen LogP contribution < -0.4 is 4.74 Å². The highest BCUT2D eigenvalue weighted by Gasteiger charge is 2.34. The predicted molar refractivity (Wildman–Crippen MR) is 65.1 cm³/mol. The van der Waals surface area contributed by atoms with Gasteiger partial charge in [0.2, 0.25) is 0 Å². The van der Waals surface area contributed by atoms with Gasteiger partial charge in [-0.05, 0) is 37.5 Å². The summed E-state index contributed by atoms with van der Waals surface area (Å²) in [5, 5.41) is 0.0823. The average Bonchev–Trinajstić information content (AvgIpc) is 2.28. The standard InChI is InChI=1S/C13H16ClFO2/c1-13(8-10(14)5-6-17-13)9-3-4-12(16-2)11(15)7-9/h3-4,7,10H,5-6,8H2,1-2H3. The number of methoxy groups -OCH3 is 1. The molecule has 0 aliphatic carbocycles. The van der Waals surface area contributed by atoms with Gasteiger partial charge in [-0.1, -0.05) is 6.07 Å². The largest absolute Gasteiger partial charge is 0.494 e. The van der Waals surface area contributed by atoms with Crippen molar-refractivity contribution < 1.29 is 13.9 Å². The minimum Gasteiger partial charge on any atom is -0.494 e. The van der Waals surface area contributed by atoms with E-state index in [2.05, 4.69) is 0 Å². The van der Waals surface area contributed by atoms with Crippen LogP contribution in [0.1, 0.15) is 25.3 Å². The van der Waals surface area contributed by atoms with Gasteiger partial charge >= 0.3 is 0 Å². The Balaban J connectivity index is 2.29. The van der Waals surface area contributed by atoms with Crippen molar-refractivity contribution in [3.05, 3.63) is 29.6 Å². The maximum absolute atomic E-state index is 13.7. The van der Waals surface area contributed by atoms with Crippen LogP contribution in [0, 0.1) is 5.82 Å². The van der Waals surface area contributed by atoms with Gasteiger partial charge in [0, 0.05) is 12.0 Å². The molecule has 0 radical (unpaired) electrons. The zero-order valence-electron chi connectivity index (χ0n) is 10.0. The summed E-state index contributed by atoms with van der Waals surface area (Å²) in [6, 6.07) is 4.92. The maximum atomic E-state index is 13.7. The number of rotatable bonds is 2. The van der Waals surface area contributed by atoms with Crippen molar-refractivity contribution in [2.24, 2.45) is 0 Å². The number of halogens is 2. The smallest absolute Gasteiger partial charge is 0.165 e. The molecule has 2 atom stereocenters. The number of hydrogen-bond donors (Lipinski definition) is 0. The Morgan fingerprint density at radius 1 is 1.53 bits per heavy atom. The van der Waals surface area contributed by atoms with E-state index >= 15 is 0 Å². The van der Waals surface area contributed by atoms with Gasteiger partial charge in [-0.3, -0.25) is 0 Å². The molecule has 94 valence electrons. The van der Waals surface area contributed by atoms with Crippen LogP contribution in [-0.4, -0.2) is 19.1 Å². The average molecular weight is 259 g/mol. The summed E-state index contributed by atoms with van der Waals surface area (Å²) in [5.74, 6) is -0.123. The van der Waals surface area contributed by atoms with Gasteiger partial charge in [0.25, 0.3) is 0 Å². The molecule has 1 aliphatic heterocycles. The fraction of sp³-hybridized carbons (Fsp3) is 0.538. The Morgan fingerprint density at radius 2 is 2.29 bits per heavy atom. The molecule has 1 fully saturated rings. The Morgan fingerprint density at radius 3 is 2.88 bits per heavy atom. The van der Waals surface area contributed by atoms with Crippen LogP contribution in [0.3, 0.4) is 0 Å². The summed E-state index contributed by atoms with van der Waals surface area (Å²) in [6.45, 7) is 2.56. The third-order valence-electron chi connectivity index (χ3n) is 3.23. The highest BCUT2D eigenvalue weighted by molar-refractivity contribution is 6.20. The van der Waals surface area contributed by atoms with Gasteiger partial charge in [-0.2, -0.15) is 0 Å². The lowest BCUT2D eigenvalue weighted by molar-refractivity contribution is -0.0685. The minimum atomic E-state index is -0.502. The summed E-state index contributed by atoms with van der Waals surface area (Å²) in [6.07, 6.45) is 1.54. The summed E-state index contributed by atoms with van der Waals surface area (Å²) in [4.78, 5) is 0. The molecule has 17 heavy (non-hydrogen) atoms. The third-order valence-corrected chi connectivity index (χ3v) is 3.60. The number of ether oxygens (including phenoxy) is 2. The van der Waals surface area contributed by atoms with E-state index in [0.717, 1.165) is 12.0 Å². The molecule has 0 spiro atoms. The Kier molecular flexibility index (Phi) is 3.59. The van der Waals surface area contributed by atoms with Gasteiger partial charge in [0.15, 0.2) is 11.6 Å². The summed E-state index contributed by atoms with van der Waals surface area (Å²) in [5.41, 5.74) is 0.304. The SMILES string of the molecule is COc1ccc(C2(C)CC(Cl)CCO2)cc1F. The lowest BCUT2D eigenvalue weighted by Gasteiger charge is -2.36. The lowest BCUT2D eigenvalue weighted by atomic mass is 9.88. The van der Waals surface area contributed by atoms with Crippen LogP contribution in [0.2, 0.25) is 0 Å². The van der Waals surface area contributed by atoms with E-state index in [1.54, 1.807) is 6.07 Å². The molecular weight excluding hydrogens is 243 g/mol. The van der Waals surface area contributed by atoms with E-state index in [9.17, 15) is 4.39 Å². The van der Waals surface area contributed by atoms with Gasteiger partial charge in [0.1, 0.15) is 0 Å². The van der Waals surface area contributed by atoms with E-state index < -0.39 is 5.60 Å². The highest BCUT2D eigenvalue weighted by atomic mass is 35.5. The van der Waals surface area contributed by atoms with Crippen molar-refractivity contribution in [3.8, 4) is 5.75 Å². The van der Waals surface area contributed by atoms with Crippen molar-refractivity contribution >= 4 is 11.6 Å². The Bertz CT molecular complexity index is 410. The molecule has 0 N–H and O–H groups in total. The molecule has 2 unspecified atom stereocenters. The molecule has 1 aliphatic rings. The third kappa shape index (κ3) is 2.55. The van der Waals surface area contributed by atoms with E-state index in [4.69, 9.17) is 21.1 Å². The summed E-state index contributed by atoms with van der Waals surface area (Å²) < 4.78 is 24.3. The molecule has 0 amide bonds. The van der Waals surface area contributed by atoms with E-state index in [0.29, 0.717) is 13.0 Å². The second-order valence-corrected chi connectivity index (χ2v) is 5.14. The highest BCUT2D eigenvalue weighted by Crippen LogP contribution is 2.37. The number of alkyl halides is 1. The quantitative estimate of drug-likeness (QED) is 0.757.